The van der Waals surface area contributed by atoms with Gasteiger partial charge in [0.2, 0.25) is 5.95 Å². The number of nitrogens with zero attached hydrogens (tertiary/aromatic N) is 4. The Morgan fingerprint density at radius 3 is 2.67 bits per heavy atom. The predicted octanol–water partition coefficient (Wildman–Crippen LogP) is 3.37. The molecule has 2 aromatic heterocycles. The molecular weight excluding hydrogens is 437 g/mol. The van der Waals surface area contributed by atoms with E-state index in [0.717, 1.165) is 24.1 Å². The number of carbonyl (C=O) groups excluding carboxylic acids is 1. The van der Waals surface area contributed by atoms with Crippen molar-refractivity contribution in [2.75, 3.05) is 17.6 Å². The van der Waals surface area contributed by atoms with Crippen LogP contribution in [0.2, 0.25) is 0 Å². The lowest BCUT2D eigenvalue weighted by atomic mass is 10.00. The van der Waals surface area contributed by atoms with Crippen molar-refractivity contribution < 1.29 is 18.0 Å². The molecule has 9 nitrogen and oxygen atoms in total. The molecule has 172 valence electrons. The summed E-state index contributed by atoms with van der Waals surface area (Å²) in [6, 6.07) is 6.41. The zero-order chi connectivity index (χ0) is 23.8. The van der Waals surface area contributed by atoms with Crippen LogP contribution in [-0.2, 0) is 7.05 Å². The van der Waals surface area contributed by atoms with Crippen molar-refractivity contribution >= 4 is 29.4 Å². The number of hydrogen-bond donors (Lipinski definition) is 4. The van der Waals surface area contributed by atoms with Gasteiger partial charge in [-0.05, 0) is 48.6 Å². The second-order valence-corrected chi connectivity index (χ2v) is 7.69. The normalized spacial score (nSPS) is 13.6. The molecule has 1 amide bonds. The molecule has 1 aliphatic carbocycles. The molecule has 2 heterocycles. The average molecular weight is 458 g/mol. The van der Waals surface area contributed by atoms with E-state index in [1.807, 2.05) is 6.07 Å². The van der Waals surface area contributed by atoms with Gasteiger partial charge in [-0.1, -0.05) is 0 Å². The van der Waals surface area contributed by atoms with Crippen LogP contribution in [0, 0.1) is 5.41 Å². The minimum absolute atomic E-state index is 0.146. The Hall–Kier alpha value is -3.96. The summed E-state index contributed by atoms with van der Waals surface area (Å²) in [4.78, 5) is 20.2. The zero-order valence-electron chi connectivity index (χ0n) is 17.6. The molecule has 0 atom stereocenters. The number of nitrogens with one attached hydrogen (secondary N) is 3. The summed E-state index contributed by atoms with van der Waals surface area (Å²) in [5, 5.41) is 17.1. The molecule has 12 heteroatoms. The van der Waals surface area contributed by atoms with Crippen LogP contribution < -0.4 is 16.4 Å². The maximum Gasteiger partial charge on any atom is 0.405 e. The third-order valence-corrected chi connectivity index (χ3v) is 5.16. The van der Waals surface area contributed by atoms with Crippen molar-refractivity contribution in [3.05, 3.63) is 47.3 Å². The van der Waals surface area contributed by atoms with Crippen molar-refractivity contribution in [3.8, 4) is 11.4 Å². The Morgan fingerprint density at radius 1 is 1.30 bits per heavy atom. The first kappa shape index (κ1) is 22.2. The van der Waals surface area contributed by atoms with Gasteiger partial charge < -0.3 is 21.8 Å². The molecule has 1 aliphatic rings. The number of nitrogens with two attached hydrogens (primary N) is 1. The number of aryl methyl sites for hydroxylation is 1. The number of anilines is 3. The number of rotatable bonds is 7. The third kappa shape index (κ3) is 4.94. The van der Waals surface area contributed by atoms with Gasteiger partial charge in [0.15, 0.2) is 5.82 Å². The number of benzene rings is 1. The number of aromatic nitrogens is 4. The van der Waals surface area contributed by atoms with Crippen LogP contribution in [0.1, 0.15) is 40.4 Å². The molecule has 0 radical (unpaired) electrons. The quantitative estimate of drug-likeness (QED) is 0.317. The third-order valence-electron chi connectivity index (χ3n) is 5.16. The molecule has 4 rings (SSSR count). The number of amides is 1. The van der Waals surface area contributed by atoms with E-state index in [-0.39, 0.29) is 5.69 Å². The summed E-state index contributed by atoms with van der Waals surface area (Å²) >= 11 is 0. The number of pyridine rings is 1. The first-order valence-corrected chi connectivity index (χ1v) is 10.1. The van der Waals surface area contributed by atoms with Gasteiger partial charge in [0.1, 0.15) is 12.2 Å². The van der Waals surface area contributed by atoms with E-state index in [2.05, 4.69) is 20.4 Å². The summed E-state index contributed by atoms with van der Waals surface area (Å²) < 4.78 is 38.4. The zero-order valence-corrected chi connectivity index (χ0v) is 17.6. The standard InChI is InChI=1S/C21H21F3N8O/c1-32-20(29-15-7-5-14(26)13(8-25)17(15)11-2-3-11)30-18(31-32)12-4-6-16(27-9-12)19(33)28-10-21(22,23)24/h4-9,11,25H,2-3,10,26H2,1H3,(H,28,33)(H,29,30,31). The van der Waals surface area contributed by atoms with Crippen molar-refractivity contribution in [1.82, 2.24) is 25.1 Å². The Balaban J connectivity index is 1.54. The summed E-state index contributed by atoms with van der Waals surface area (Å²) in [6.45, 7) is -1.43. The van der Waals surface area contributed by atoms with Gasteiger partial charge in [0.05, 0.1) is 0 Å². The summed E-state index contributed by atoms with van der Waals surface area (Å²) in [7, 11) is 1.71. The minimum Gasteiger partial charge on any atom is -0.398 e. The fraction of sp³-hybridized carbons (Fsp3) is 0.286. The Kier molecular flexibility index (Phi) is 5.75. The van der Waals surface area contributed by atoms with Gasteiger partial charge in [0, 0.05) is 42.0 Å². The number of alkyl halides is 3. The molecule has 33 heavy (non-hydrogen) atoms. The number of hydrogen-bond acceptors (Lipinski definition) is 7. The van der Waals surface area contributed by atoms with Crippen molar-refractivity contribution in [2.24, 2.45) is 7.05 Å². The molecule has 0 unspecified atom stereocenters. The van der Waals surface area contributed by atoms with E-state index in [1.54, 1.807) is 18.4 Å². The van der Waals surface area contributed by atoms with Crippen LogP contribution in [0.25, 0.3) is 11.4 Å². The van der Waals surface area contributed by atoms with Crippen LogP contribution in [0.3, 0.4) is 0 Å². The number of carbonyl (C=O) groups is 1. The van der Waals surface area contributed by atoms with E-state index >= 15 is 0 Å². The lowest BCUT2D eigenvalue weighted by Gasteiger charge is -2.15. The highest BCUT2D eigenvalue weighted by atomic mass is 19.4. The highest BCUT2D eigenvalue weighted by molar-refractivity contribution is 5.92. The van der Waals surface area contributed by atoms with Crippen LogP contribution in [0.4, 0.5) is 30.5 Å². The highest BCUT2D eigenvalue weighted by Crippen LogP contribution is 2.46. The maximum atomic E-state index is 12.3. The summed E-state index contributed by atoms with van der Waals surface area (Å²) in [5.41, 5.74) is 9.39. The second-order valence-electron chi connectivity index (χ2n) is 7.69. The van der Waals surface area contributed by atoms with Gasteiger partial charge in [-0.15, -0.1) is 5.10 Å². The average Bonchev–Trinajstić information content (AvgIpc) is 3.55. The SMILES string of the molecule is Cn1nc(-c2ccc(C(=O)NCC(F)(F)F)nc2)nc1Nc1ccc(N)c(C=N)c1C1CC1. The fourth-order valence-electron chi connectivity index (χ4n) is 3.40. The second kappa shape index (κ2) is 8.52. The van der Waals surface area contributed by atoms with E-state index in [9.17, 15) is 18.0 Å². The molecule has 1 fully saturated rings. The Bertz CT molecular complexity index is 1200. The Morgan fingerprint density at radius 2 is 2.06 bits per heavy atom. The first-order valence-electron chi connectivity index (χ1n) is 10.1. The van der Waals surface area contributed by atoms with E-state index in [0.29, 0.717) is 34.5 Å². The molecule has 0 spiro atoms. The van der Waals surface area contributed by atoms with Crippen LogP contribution in [-0.4, -0.2) is 44.6 Å². The largest absolute Gasteiger partial charge is 0.405 e. The molecule has 0 saturated heterocycles. The molecule has 1 aromatic carbocycles. The van der Waals surface area contributed by atoms with Gasteiger partial charge in [-0.25, -0.2) is 4.68 Å². The van der Waals surface area contributed by atoms with E-state index < -0.39 is 18.6 Å². The molecule has 0 aliphatic heterocycles. The van der Waals surface area contributed by atoms with Crippen LogP contribution in [0.5, 0.6) is 0 Å². The van der Waals surface area contributed by atoms with E-state index in [1.165, 1.54) is 29.2 Å². The van der Waals surface area contributed by atoms with Gasteiger partial charge in [-0.2, -0.15) is 18.2 Å². The molecule has 0 bridgehead atoms. The number of nitrogen functional groups attached to an aromatic ring is 1. The lowest BCUT2D eigenvalue weighted by Crippen LogP contribution is -2.34. The monoisotopic (exact) mass is 458 g/mol. The van der Waals surface area contributed by atoms with Crippen LogP contribution in [0.15, 0.2) is 30.5 Å². The van der Waals surface area contributed by atoms with Gasteiger partial charge in [0.25, 0.3) is 5.91 Å². The summed E-state index contributed by atoms with van der Waals surface area (Å²) in [6.07, 6.45) is 0.136. The minimum atomic E-state index is -4.50. The fourth-order valence-corrected chi connectivity index (χ4v) is 3.40. The topological polar surface area (TPSA) is 135 Å². The first-order chi connectivity index (χ1) is 15.7. The molecule has 5 N–H and O–H groups in total. The van der Waals surface area contributed by atoms with Crippen molar-refractivity contribution in [3.63, 3.8) is 0 Å². The predicted molar refractivity (Wildman–Crippen MR) is 117 cm³/mol. The highest BCUT2D eigenvalue weighted by Gasteiger charge is 2.30. The van der Waals surface area contributed by atoms with Crippen molar-refractivity contribution in [2.45, 2.75) is 24.9 Å². The molecule has 3 aromatic rings. The maximum absolute atomic E-state index is 12.3. The smallest absolute Gasteiger partial charge is 0.398 e. The molecule has 1 saturated carbocycles. The lowest BCUT2D eigenvalue weighted by molar-refractivity contribution is -0.123. The molecular formula is C21H21F3N8O. The van der Waals surface area contributed by atoms with Gasteiger partial charge >= 0.3 is 6.18 Å². The summed E-state index contributed by atoms with van der Waals surface area (Å²) in [5.74, 6) is 0.179. The van der Waals surface area contributed by atoms with Crippen molar-refractivity contribution in [1.29, 1.82) is 5.41 Å². The van der Waals surface area contributed by atoms with Gasteiger partial charge in [-0.3, -0.25) is 9.78 Å². The number of halogens is 3. The Labute approximate surface area is 186 Å². The van der Waals surface area contributed by atoms with Crippen LogP contribution >= 0.6 is 0 Å². The van der Waals surface area contributed by atoms with E-state index in [4.69, 9.17) is 11.1 Å².